The Labute approximate surface area is 340 Å². The number of thioether (sulfide) groups is 1. The van der Waals surface area contributed by atoms with E-state index in [1.165, 1.54) is 23.9 Å². The van der Waals surface area contributed by atoms with E-state index < -0.39 is 123 Å². The van der Waals surface area contributed by atoms with Gasteiger partial charge in [-0.1, -0.05) is 38.9 Å². The molecule has 0 aliphatic heterocycles. The summed E-state index contributed by atoms with van der Waals surface area (Å²) in [6.07, 6.45) is 1.87. The van der Waals surface area contributed by atoms with Crippen LogP contribution in [0.5, 0.6) is 0 Å². The van der Waals surface area contributed by atoms with Crippen molar-refractivity contribution in [2.75, 3.05) is 6.26 Å². The molecule has 0 spiro atoms. The summed E-state index contributed by atoms with van der Waals surface area (Å²) in [5.74, 6) is 0. The third kappa shape index (κ3) is 19.0. The van der Waals surface area contributed by atoms with Crippen molar-refractivity contribution in [3.63, 3.8) is 0 Å². The van der Waals surface area contributed by atoms with Gasteiger partial charge in [0.1, 0.15) is 9.79 Å². The van der Waals surface area contributed by atoms with Gasteiger partial charge in [0.05, 0.1) is 24.6 Å². The molecular weight excluding hydrogens is 1160 g/mol. The molecule has 35 heteroatoms. The Morgan fingerprint density at radius 1 is 0.611 bits per heavy atom. The van der Waals surface area contributed by atoms with E-state index in [0.29, 0.717) is 23.1 Å². The summed E-state index contributed by atoms with van der Waals surface area (Å²) < 4.78 is 187. The molecule has 54 heavy (non-hydrogen) atoms. The fourth-order valence-electron chi connectivity index (χ4n) is 2.84. The van der Waals surface area contributed by atoms with Gasteiger partial charge < -0.3 is 0 Å². The molecular formula is C19H14AgCl2F12IN3O10S6. The van der Waals surface area contributed by atoms with Crippen molar-refractivity contribution in [2.24, 2.45) is 0 Å². The normalized spacial score (nSPS) is 14.2. The van der Waals surface area contributed by atoms with Crippen molar-refractivity contribution < 1.29 is 97.4 Å². The van der Waals surface area contributed by atoms with Gasteiger partial charge in [-0.05, 0) is 24.5 Å². The predicted octanol–water partition coefficient (Wildman–Crippen LogP) is 12.4. The molecule has 3 aromatic carbocycles. The maximum absolute atomic E-state index is 12.4. The fourth-order valence-corrected chi connectivity index (χ4v) is 6.81. The van der Waals surface area contributed by atoms with E-state index in [4.69, 9.17) is 21.4 Å². The zero-order valence-electron chi connectivity index (χ0n) is 24.6. The SMILES string of the molecule is CSc1cc(S)cc([N+](=O)[O-])c1.I.O=[N+]([O-])c1cc(S(=O)(=O)Cl)cc(S(=O)(=O)Cl)c1.O=[N+]([O-])c1cc(S(F)(F)(F)(F)F)cc(S(F)(F)(F)(F)F)c1.[F][Ag][F]. The van der Waals surface area contributed by atoms with Crippen LogP contribution in [0.2, 0.25) is 0 Å². The van der Waals surface area contributed by atoms with Gasteiger partial charge in [0, 0.05) is 67.6 Å². The van der Waals surface area contributed by atoms with E-state index in [9.17, 15) is 92.1 Å². The van der Waals surface area contributed by atoms with Gasteiger partial charge in [-0.3, -0.25) is 30.3 Å². The minimum atomic E-state index is -10.8. The Morgan fingerprint density at radius 3 is 1.17 bits per heavy atom. The van der Waals surface area contributed by atoms with Crippen LogP contribution in [0.15, 0.2) is 84.0 Å². The second-order valence-corrected chi connectivity index (χ2v) is 20.4. The molecule has 0 atom stereocenters. The summed E-state index contributed by atoms with van der Waals surface area (Å²) in [7, 11) is -20.3. The molecule has 0 unspecified atom stereocenters. The Hall–Kier alpha value is -1.63. The van der Waals surface area contributed by atoms with Gasteiger partial charge in [0.15, 0.2) is 0 Å². The van der Waals surface area contributed by atoms with E-state index >= 15 is 0 Å². The van der Waals surface area contributed by atoms with Crippen molar-refractivity contribution >= 4 is 125 Å². The van der Waals surface area contributed by atoms with Gasteiger partial charge in [-0.25, -0.2) is 16.8 Å². The topological polar surface area (TPSA) is 198 Å². The number of rotatable bonds is 8. The van der Waals surface area contributed by atoms with Crippen LogP contribution in [0.1, 0.15) is 0 Å². The quantitative estimate of drug-likeness (QED) is 0.0329. The molecule has 0 aliphatic carbocycles. The fraction of sp³-hybridized carbons (Fsp3) is 0.0526. The Kier molecular flexibility index (Phi) is 17.2. The molecule has 0 aliphatic rings. The summed E-state index contributed by atoms with van der Waals surface area (Å²) in [5, 5.41) is 31.1. The van der Waals surface area contributed by atoms with Crippen molar-refractivity contribution in [2.45, 2.75) is 29.4 Å². The van der Waals surface area contributed by atoms with Crippen LogP contribution in [-0.4, -0.2) is 37.9 Å². The van der Waals surface area contributed by atoms with Crippen LogP contribution in [0.4, 0.5) is 62.0 Å². The number of thiol groups is 1. The Bertz CT molecular complexity index is 2070. The first-order chi connectivity index (χ1) is 23.1. The van der Waals surface area contributed by atoms with Crippen LogP contribution in [0, 0.1) is 30.3 Å². The monoisotopic (exact) mass is 1170 g/mol. The summed E-state index contributed by atoms with van der Waals surface area (Å²) in [6, 6.07) is 3.26. The Morgan fingerprint density at radius 2 is 0.907 bits per heavy atom. The number of benzene rings is 3. The van der Waals surface area contributed by atoms with Crippen molar-refractivity contribution in [1.82, 2.24) is 0 Å². The van der Waals surface area contributed by atoms with Crippen LogP contribution < -0.4 is 0 Å². The number of hydrogen-bond acceptors (Lipinski definition) is 12. The number of hydrogen-bond donors (Lipinski definition) is 1. The first-order valence-electron chi connectivity index (χ1n) is 11.4. The van der Waals surface area contributed by atoms with Crippen molar-refractivity contribution in [1.29, 1.82) is 0 Å². The van der Waals surface area contributed by atoms with Crippen molar-refractivity contribution in [3.8, 4) is 0 Å². The van der Waals surface area contributed by atoms with E-state index in [1.54, 1.807) is 6.07 Å². The molecule has 317 valence electrons. The molecule has 0 saturated heterocycles. The number of halogens is 15. The molecule has 0 amide bonds. The molecule has 0 heterocycles. The van der Waals surface area contributed by atoms with E-state index in [1.807, 2.05) is 6.26 Å². The van der Waals surface area contributed by atoms with Crippen LogP contribution in [-0.2, 0) is 38.9 Å². The van der Waals surface area contributed by atoms with Gasteiger partial charge in [-0.15, -0.1) is 48.4 Å². The molecule has 0 radical (unpaired) electrons. The number of nitro benzene ring substituents is 3. The third-order valence-corrected chi connectivity index (χ3v) is 10.8. The molecule has 13 nitrogen and oxygen atoms in total. The van der Waals surface area contributed by atoms with Gasteiger partial charge in [0.25, 0.3) is 35.2 Å². The van der Waals surface area contributed by atoms with Crippen LogP contribution in [0.3, 0.4) is 0 Å². The zero-order valence-corrected chi connectivity index (χ0v) is 34.9. The molecule has 3 rings (SSSR count). The second-order valence-electron chi connectivity index (χ2n) is 8.84. The average Bonchev–Trinajstić information content (AvgIpc) is 2.94. The Balaban J connectivity index is 0. The summed E-state index contributed by atoms with van der Waals surface area (Å²) in [5.41, 5.74) is -2.85. The van der Waals surface area contributed by atoms with Crippen LogP contribution >= 0.6 is 90.2 Å². The number of nitro groups is 3. The molecule has 0 saturated carbocycles. The van der Waals surface area contributed by atoms with Crippen molar-refractivity contribution in [3.05, 3.63) is 84.9 Å². The number of nitrogens with zero attached hydrogens (tertiary/aromatic N) is 3. The average molecular weight is 1170 g/mol. The van der Waals surface area contributed by atoms with Gasteiger partial charge in [0.2, 0.25) is 0 Å². The molecule has 0 bridgehead atoms. The van der Waals surface area contributed by atoms with Gasteiger partial charge in [-0.2, -0.15) is 0 Å². The van der Waals surface area contributed by atoms with E-state index in [-0.39, 0.29) is 29.7 Å². The standard InChI is InChI=1S/C7H7NO2S2.C6H3Cl2NO6S2.C6H3F10NO2S2.Ag.2FH.HI/c1-12-7-3-5(8(9)10)2-6(11)4-7;7-16(12,13)5-1-4(9(10)11)2-6(3-5)17(8,14)15;7-20(8,9,10,11)5-1-4(17(18)19)2-6(3-5)21(12,13,14,15)16;;;;/h2-4,11H,1H3;1-3H;1-3H;;3*1H/q;;;+2;;;/p-2. The third-order valence-electron chi connectivity index (χ3n) is 4.93. The zero-order chi connectivity index (χ0) is 42.5. The molecule has 0 N–H and O–H groups in total. The second kappa shape index (κ2) is 17.1. The van der Waals surface area contributed by atoms with Gasteiger partial charge >= 0.3 is 47.3 Å². The van der Waals surface area contributed by atoms with E-state index in [0.717, 1.165) is 4.90 Å². The predicted molar refractivity (Wildman–Crippen MR) is 185 cm³/mol. The summed E-state index contributed by atoms with van der Waals surface area (Å²) in [6.45, 7) is 0. The minimum absolute atomic E-state index is 0. The van der Waals surface area contributed by atoms with Crippen LogP contribution in [0.25, 0.3) is 0 Å². The number of non-ortho nitro benzene ring substituents is 3. The summed E-state index contributed by atoms with van der Waals surface area (Å²) >= 11 is 3.59. The first-order valence-corrected chi connectivity index (χ1v) is 22.7. The summed E-state index contributed by atoms with van der Waals surface area (Å²) in [4.78, 5) is 20.9. The molecule has 0 fully saturated rings. The van der Waals surface area contributed by atoms with E-state index in [2.05, 4.69) is 12.6 Å². The maximum atomic E-state index is 12.4. The molecule has 0 aromatic heterocycles. The first kappa shape index (κ1) is 54.5. The molecule has 3 aromatic rings.